The van der Waals surface area contributed by atoms with Gasteiger partial charge in [0.25, 0.3) is 5.91 Å². The zero-order chi connectivity index (χ0) is 25.3. The monoisotopic (exact) mass is 490 g/mol. The van der Waals surface area contributed by atoms with Crippen LogP contribution >= 0.6 is 0 Å². The molecule has 0 spiro atoms. The van der Waals surface area contributed by atoms with Crippen LogP contribution in [0.1, 0.15) is 54.9 Å². The molecule has 0 radical (unpaired) electrons. The number of piperidine rings is 1. The molecule has 0 N–H and O–H groups in total. The Morgan fingerprint density at radius 2 is 1.89 bits per heavy atom. The fourth-order valence-corrected chi connectivity index (χ4v) is 6.58. The van der Waals surface area contributed by atoms with Gasteiger partial charge in [-0.3, -0.25) is 9.59 Å². The van der Waals surface area contributed by atoms with Crippen molar-refractivity contribution in [3.8, 4) is 5.75 Å². The molecule has 36 heavy (non-hydrogen) atoms. The molecule has 5 rings (SSSR count). The first kappa shape index (κ1) is 24.8. The van der Waals surface area contributed by atoms with Gasteiger partial charge in [-0.2, -0.15) is 0 Å². The Kier molecular flexibility index (Phi) is 7.07. The molecule has 0 bridgehead atoms. The number of methoxy groups -OCH3 is 1. The van der Waals surface area contributed by atoms with Crippen LogP contribution in [-0.4, -0.2) is 67.6 Å². The zero-order valence-corrected chi connectivity index (χ0v) is 21.7. The lowest BCUT2D eigenvalue weighted by Crippen LogP contribution is -2.62. The molecular formula is C30H38N2O4. The molecule has 1 aliphatic heterocycles. The molecule has 1 amide bonds. The third-order valence-electron chi connectivity index (χ3n) is 8.66. The summed E-state index contributed by atoms with van der Waals surface area (Å²) in [5.41, 5.74) is 1.70. The van der Waals surface area contributed by atoms with Crippen molar-refractivity contribution < 1.29 is 19.1 Å². The molecule has 3 aliphatic rings. The van der Waals surface area contributed by atoms with Gasteiger partial charge in [-0.25, -0.2) is 0 Å². The lowest BCUT2D eigenvalue weighted by Gasteiger charge is -2.56. The maximum atomic E-state index is 13.4. The fraction of sp³-hybridized carbons (Fsp3) is 0.533. The maximum Gasteiger partial charge on any atom is 0.302 e. The van der Waals surface area contributed by atoms with Crippen molar-refractivity contribution in [2.75, 3.05) is 33.8 Å². The Balaban J connectivity index is 1.52. The normalized spacial score (nSPS) is 28.1. The Morgan fingerprint density at radius 1 is 1.11 bits per heavy atom. The molecule has 1 saturated heterocycles. The fourth-order valence-electron chi connectivity index (χ4n) is 6.58. The third-order valence-corrected chi connectivity index (χ3v) is 8.66. The number of ether oxygens (including phenoxy) is 2. The molecule has 3 fully saturated rings. The predicted octanol–water partition coefficient (Wildman–Crippen LogP) is 4.53. The van der Waals surface area contributed by atoms with Gasteiger partial charge in [0.1, 0.15) is 11.9 Å². The Hall–Kier alpha value is -2.86. The van der Waals surface area contributed by atoms with E-state index in [4.69, 9.17) is 9.47 Å². The summed E-state index contributed by atoms with van der Waals surface area (Å²) in [6.07, 6.45) is 4.87. The van der Waals surface area contributed by atoms with Gasteiger partial charge in [-0.05, 0) is 68.0 Å². The lowest BCUT2D eigenvalue weighted by molar-refractivity contribution is -0.158. The Morgan fingerprint density at radius 3 is 2.58 bits per heavy atom. The van der Waals surface area contributed by atoms with Crippen molar-refractivity contribution in [1.29, 1.82) is 0 Å². The van der Waals surface area contributed by atoms with Crippen molar-refractivity contribution >= 4 is 11.9 Å². The number of carbonyl (C=O) groups is 2. The summed E-state index contributed by atoms with van der Waals surface area (Å²) in [6, 6.07) is 17.8. The highest BCUT2D eigenvalue weighted by Crippen LogP contribution is 2.52. The van der Waals surface area contributed by atoms with Crippen molar-refractivity contribution in [1.82, 2.24) is 9.80 Å². The summed E-state index contributed by atoms with van der Waals surface area (Å²) < 4.78 is 11.7. The molecular weight excluding hydrogens is 452 g/mol. The van der Waals surface area contributed by atoms with Gasteiger partial charge in [0.15, 0.2) is 0 Å². The van der Waals surface area contributed by atoms with E-state index in [1.165, 1.54) is 25.3 Å². The van der Waals surface area contributed by atoms with Crippen LogP contribution in [0, 0.1) is 11.8 Å². The largest absolute Gasteiger partial charge is 0.497 e. The number of hydrogen-bond acceptors (Lipinski definition) is 5. The zero-order valence-electron chi connectivity index (χ0n) is 21.7. The second kappa shape index (κ2) is 10.3. The summed E-state index contributed by atoms with van der Waals surface area (Å²) in [6.45, 7) is 4.56. The predicted molar refractivity (Wildman–Crippen MR) is 139 cm³/mol. The molecule has 2 aliphatic carbocycles. The van der Waals surface area contributed by atoms with E-state index in [-0.39, 0.29) is 35.4 Å². The summed E-state index contributed by atoms with van der Waals surface area (Å²) in [7, 11) is 3.59. The number of rotatable bonds is 7. The van der Waals surface area contributed by atoms with E-state index in [1.807, 2.05) is 48.3 Å². The van der Waals surface area contributed by atoms with E-state index in [9.17, 15) is 9.59 Å². The molecule has 2 aromatic rings. The van der Waals surface area contributed by atoms with E-state index in [2.05, 4.69) is 23.1 Å². The first-order valence-corrected chi connectivity index (χ1v) is 13.3. The molecule has 6 nitrogen and oxygen atoms in total. The minimum atomic E-state index is -0.253. The van der Waals surface area contributed by atoms with Gasteiger partial charge in [0, 0.05) is 56.4 Å². The van der Waals surface area contributed by atoms with Gasteiger partial charge < -0.3 is 19.3 Å². The minimum absolute atomic E-state index is 0.00702. The molecule has 3 unspecified atom stereocenters. The van der Waals surface area contributed by atoms with Crippen LogP contribution in [-0.2, 0) is 14.9 Å². The average molecular weight is 491 g/mol. The molecule has 0 aromatic heterocycles. The smallest absolute Gasteiger partial charge is 0.302 e. The topological polar surface area (TPSA) is 59.1 Å². The summed E-state index contributed by atoms with van der Waals surface area (Å²) in [5, 5.41) is 0. The number of nitrogens with zero attached hydrogens (tertiary/aromatic N) is 2. The van der Waals surface area contributed by atoms with Crippen LogP contribution in [0.5, 0.6) is 5.75 Å². The third kappa shape index (κ3) is 5.01. The van der Waals surface area contributed by atoms with Gasteiger partial charge >= 0.3 is 5.97 Å². The Labute approximate surface area is 214 Å². The van der Waals surface area contributed by atoms with Gasteiger partial charge in [0.05, 0.1) is 7.11 Å². The first-order valence-electron chi connectivity index (χ1n) is 13.3. The summed E-state index contributed by atoms with van der Waals surface area (Å²) >= 11 is 0. The number of fused-ring (bicyclic) bond motifs is 1. The molecule has 6 heteroatoms. The van der Waals surface area contributed by atoms with Crippen LogP contribution in [0.4, 0.5) is 0 Å². The van der Waals surface area contributed by atoms with Crippen LogP contribution in [0.15, 0.2) is 54.6 Å². The van der Waals surface area contributed by atoms with Crippen LogP contribution < -0.4 is 4.74 Å². The molecule has 4 atom stereocenters. The highest BCUT2D eigenvalue weighted by molar-refractivity contribution is 5.94. The number of amides is 1. The Bertz CT molecular complexity index is 1090. The number of carbonyl (C=O) groups excluding carboxylic acids is 2. The quantitative estimate of drug-likeness (QED) is 0.534. The average Bonchev–Trinajstić information content (AvgIpc) is 3.72. The molecule has 2 aromatic carbocycles. The van der Waals surface area contributed by atoms with Crippen molar-refractivity contribution in [2.45, 2.75) is 56.6 Å². The number of benzene rings is 2. The van der Waals surface area contributed by atoms with E-state index >= 15 is 0 Å². The highest BCUT2D eigenvalue weighted by atomic mass is 16.5. The molecule has 2 saturated carbocycles. The standard InChI is InChI=1S/C30H38N2O4/c1-21(33)36-28-17-25(31(2)29(34)23-8-5-4-6-9-23)18-30(24-10-7-11-26(16-24)35-3)14-15-32(20-27(28)30)19-22-12-13-22/h4-11,16,22,25,27-28H,12-15,17-20H2,1-3H3/t25-,27?,28?,30?/m1/s1. The summed E-state index contributed by atoms with van der Waals surface area (Å²) in [4.78, 5) is 30.2. The van der Waals surface area contributed by atoms with E-state index in [1.54, 1.807) is 7.11 Å². The van der Waals surface area contributed by atoms with Gasteiger partial charge in [0.2, 0.25) is 0 Å². The molecule has 192 valence electrons. The SMILES string of the molecule is COc1cccc(C23CCN(CC4CC4)CC2C(OC(C)=O)C[C@@H](N(C)C(=O)c2ccccc2)C3)c1. The number of hydrogen-bond donors (Lipinski definition) is 0. The van der Waals surface area contributed by atoms with Crippen LogP contribution in [0.2, 0.25) is 0 Å². The highest BCUT2D eigenvalue weighted by Gasteiger charge is 2.54. The van der Waals surface area contributed by atoms with Gasteiger partial charge in [-0.15, -0.1) is 0 Å². The maximum absolute atomic E-state index is 13.4. The van der Waals surface area contributed by atoms with Crippen molar-refractivity contribution in [3.63, 3.8) is 0 Å². The second-order valence-electron chi connectivity index (χ2n) is 11.0. The summed E-state index contributed by atoms with van der Waals surface area (Å²) in [5.74, 6) is 1.56. The van der Waals surface area contributed by atoms with E-state index in [0.29, 0.717) is 12.0 Å². The van der Waals surface area contributed by atoms with Crippen LogP contribution in [0.25, 0.3) is 0 Å². The van der Waals surface area contributed by atoms with Crippen molar-refractivity contribution in [2.24, 2.45) is 11.8 Å². The number of esters is 1. The van der Waals surface area contributed by atoms with E-state index in [0.717, 1.165) is 44.1 Å². The first-order chi connectivity index (χ1) is 17.4. The second-order valence-corrected chi connectivity index (χ2v) is 11.0. The van der Waals surface area contributed by atoms with E-state index < -0.39 is 0 Å². The van der Waals surface area contributed by atoms with Crippen molar-refractivity contribution in [3.05, 3.63) is 65.7 Å². The van der Waals surface area contributed by atoms with Gasteiger partial charge in [-0.1, -0.05) is 30.3 Å². The minimum Gasteiger partial charge on any atom is -0.497 e. The molecule has 1 heterocycles. The number of likely N-dealkylation sites (tertiary alicyclic amines) is 1. The van der Waals surface area contributed by atoms with Crippen LogP contribution in [0.3, 0.4) is 0 Å². The lowest BCUT2D eigenvalue weighted by atomic mass is 9.56.